The number of piperidine rings is 1. The standard InChI is InChI=1S/C13H23N3O2/c1-13(2,3)10(14)12(18)16-6-4-5-8-9(16)7-15-11(8)17/h8-10H,4-7,14H2,1-3H3,(H,15,17)/t8?,9?,10-/m1/s1. The molecule has 2 unspecified atom stereocenters. The van der Waals surface area contributed by atoms with Crippen LogP contribution in [0.15, 0.2) is 0 Å². The molecule has 0 spiro atoms. The zero-order valence-corrected chi connectivity index (χ0v) is 11.4. The summed E-state index contributed by atoms with van der Waals surface area (Å²) in [6.07, 6.45) is 1.77. The Labute approximate surface area is 108 Å². The summed E-state index contributed by atoms with van der Waals surface area (Å²) in [6, 6.07) is -0.501. The summed E-state index contributed by atoms with van der Waals surface area (Å²) < 4.78 is 0. The second-order valence-corrected chi connectivity index (χ2v) is 6.44. The molecule has 3 N–H and O–H groups in total. The summed E-state index contributed by atoms with van der Waals surface area (Å²) in [5.74, 6) is 0.0328. The Morgan fingerprint density at radius 2 is 2.17 bits per heavy atom. The number of amides is 2. The maximum atomic E-state index is 12.5. The molecule has 2 heterocycles. The second-order valence-electron chi connectivity index (χ2n) is 6.44. The van der Waals surface area contributed by atoms with Crippen molar-refractivity contribution < 1.29 is 9.59 Å². The number of hydrogen-bond acceptors (Lipinski definition) is 3. The van der Waals surface area contributed by atoms with E-state index in [2.05, 4.69) is 5.32 Å². The van der Waals surface area contributed by atoms with Crippen LogP contribution in [-0.2, 0) is 9.59 Å². The van der Waals surface area contributed by atoms with Crippen LogP contribution in [0.2, 0.25) is 0 Å². The Bertz CT molecular complexity index is 362. The zero-order chi connectivity index (χ0) is 13.5. The Morgan fingerprint density at radius 1 is 1.50 bits per heavy atom. The summed E-state index contributed by atoms with van der Waals surface area (Å²) in [4.78, 5) is 25.9. The van der Waals surface area contributed by atoms with Crippen LogP contribution < -0.4 is 11.1 Å². The number of hydrogen-bond donors (Lipinski definition) is 2. The van der Waals surface area contributed by atoms with E-state index in [4.69, 9.17) is 5.73 Å². The molecule has 5 nitrogen and oxygen atoms in total. The molecule has 18 heavy (non-hydrogen) atoms. The normalized spacial score (nSPS) is 29.8. The fourth-order valence-electron chi connectivity index (χ4n) is 2.77. The molecule has 0 aromatic rings. The first-order chi connectivity index (χ1) is 8.32. The van der Waals surface area contributed by atoms with Gasteiger partial charge in [0.2, 0.25) is 11.8 Å². The minimum Gasteiger partial charge on any atom is -0.354 e. The van der Waals surface area contributed by atoms with Gasteiger partial charge in [-0.2, -0.15) is 0 Å². The van der Waals surface area contributed by atoms with Crippen molar-refractivity contribution in [2.24, 2.45) is 17.1 Å². The van der Waals surface area contributed by atoms with Crippen molar-refractivity contribution in [3.63, 3.8) is 0 Å². The monoisotopic (exact) mass is 253 g/mol. The minimum atomic E-state index is -0.507. The van der Waals surface area contributed by atoms with Gasteiger partial charge in [-0.15, -0.1) is 0 Å². The summed E-state index contributed by atoms with van der Waals surface area (Å²) in [6.45, 7) is 7.20. The number of fused-ring (bicyclic) bond motifs is 1. The Hall–Kier alpha value is -1.10. The molecule has 2 amide bonds. The summed E-state index contributed by atoms with van der Waals surface area (Å²) >= 11 is 0. The minimum absolute atomic E-state index is 0.00662. The molecule has 0 aromatic carbocycles. The van der Waals surface area contributed by atoms with Crippen molar-refractivity contribution in [2.45, 2.75) is 45.7 Å². The first kappa shape index (κ1) is 13.3. The predicted octanol–water partition coefficient (Wildman–Crippen LogP) is 0.0968. The summed E-state index contributed by atoms with van der Waals surface area (Å²) in [7, 11) is 0. The van der Waals surface area contributed by atoms with Gasteiger partial charge in [-0.25, -0.2) is 0 Å². The number of rotatable bonds is 1. The van der Waals surface area contributed by atoms with E-state index < -0.39 is 6.04 Å². The van der Waals surface area contributed by atoms with E-state index in [1.54, 1.807) is 0 Å². The highest BCUT2D eigenvalue weighted by Crippen LogP contribution is 2.29. The number of carbonyl (C=O) groups is 2. The fraction of sp³-hybridized carbons (Fsp3) is 0.846. The number of carbonyl (C=O) groups excluding carboxylic acids is 2. The highest BCUT2D eigenvalue weighted by Gasteiger charge is 2.44. The Balaban J connectivity index is 2.13. The second kappa shape index (κ2) is 4.53. The average molecular weight is 253 g/mol. The summed E-state index contributed by atoms with van der Waals surface area (Å²) in [5, 5.41) is 2.85. The molecule has 2 rings (SSSR count). The molecule has 0 bridgehead atoms. The maximum Gasteiger partial charge on any atom is 0.240 e. The van der Waals surface area contributed by atoms with Crippen LogP contribution in [0.4, 0.5) is 0 Å². The Kier molecular flexibility index (Phi) is 3.36. The lowest BCUT2D eigenvalue weighted by Gasteiger charge is -2.39. The van der Waals surface area contributed by atoms with Gasteiger partial charge in [0.15, 0.2) is 0 Å². The zero-order valence-electron chi connectivity index (χ0n) is 11.4. The topological polar surface area (TPSA) is 75.4 Å². The third-order valence-electron chi connectivity index (χ3n) is 4.08. The van der Waals surface area contributed by atoms with E-state index in [1.807, 2.05) is 25.7 Å². The van der Waals surface area contributed by atoms with E-state index in [0.717, 1.165) is 19.4 Å². The number of nitrogens with two attached hydrogens (primary N) is 1. The van der Waals surface area contributed by atoms with Crippen molar-refractivity contribution in [1.29, 1.82) is 0 Å². The van der Waals surface area contributed by atoms with Gasteiger partial charge in [0.1, 0.15) is 0 Å². The van der Waals surface area contributed by atoms with E-state index >= 15 is 0 Å². The van der Waals surface area contributed by atoms with E-state index in [0.29, 0.717) is 6.54 Å². The lowest BCUT2D eigenvalue weighted by Crippen LogP contribution is -2.57. The van der Waals surface area contributed by atoms with Gasteiger partial charge < -0.3 is 16.0 Å². The molecule has 0 aromatic heterocycles. The molecule has 0 radical (unpaired) electrons. The number of nitrogens with one attached hydrogen (secondary N) is 1. The highest BCUT2D eigenvalue weighted by atomic mass is 16.2. The summed E-state index contributed by atoms with van der Waals surface area (Å²) in [5.41, 5.74) is 5.80. The number of nitrogens with zero attached hydrogens (tertiary/aromatic N) is 1. The van der Waals surface area contributed by atoms with Gasteiger partial charge in [-0.05, 0) is 18.3 Å². The molecule has 2 aliphatic rings. The van der Waals surface area contributed by atoms with Crippen molar-refractivity contribution in [3.05, 3.63) is 0 Å². The maximum absolute atomic E-state index is 12.5. The van der Waals surface area contributed by atoms with Crippen LogP contribution in [0, 0.1) is 11.3 Å². The molecule has 0 saturated carbocycles. The molecular formula is C13H23N3O2. The molecule has 5 heteroatoms. The van der Waals surface area contributed by atoms with Crippen molar-refractivity contribution in [3.8, 4) is 0 Å². The SMILES string of the molecule is CC(C)(C)[C@H](N)C(=O)N1CCCC2C(=O)NCC21. The van der Waals surface area contributed by atoms with Gasteiger partial charge in [-0.1, -0.05) is 20.8 Å². The van der Waals surface area contributed by atoms with Crippen molar-refractivity contribution >= 4 is 11.8 Å². The average Bonchev–Trinajstić information content (AvgIpc) is 2.68. The lowest BCUT2D eigenvalue weighted by molar-refractivity contribution is -0.140. The first-order valence-electron chi connectivity index (χ1n) is 6.66. The van der Waals surface area contributed by atoms with E-state index in [9.17, 15) is 9.59 Å². The molecule has 2 saturated heterocycles. The first-order valence-corrected chi connectivity index (χ1v) is 6.66. The van der Waals surface area contributed by atoms with E-state index in [-0.39, 0.29) is 29.2 Å². The lowest BCUT2D eigenvalue weighted by atomic mass is 9.84. The smallest absolute Gasteiger partial charge is 0.240 e. The molecule has 2 aliphatic heterocycles. The Morgan fingerprint density at radius 3 is 2.78 bits per heavy atom. The largest absolute Gasteiger partial charge is 0.354 e. The van der Waals surface area contributed by atoms with Gasteiger partial charge in [0.25, 0.3) is 0 Å². The third kappa shape index (κ3) is 2.23. The molecule has 102 valence electrons. The van der Waals surface area contributed by atoms with Crippen LogP contribution in [-0.4, -0.2) is 41.9 Å². The molecule has 0 aliphatic carbocycles. The van der Waals surface area contributed by atoms with Crippen LogP contribution in [0.25, 0.3) is 0 Å². The third-order valence-corrected chi connectivity index (χ3v) is 4.08. The fourth-order valence-corrected chi connectivity index (χ4v) is 2.77. The van der Waals surface area contributed by atoms with Crippen LogP contribution >= 0.6 is 0 Å². The van der Waals surface area contributed by atoms with Crippen LogP contribution in [0.5, 0.6) is 0 Å². The quantitative estimate of drug-likeness (QED) is 0.696. The van der Waals surface area contributed by atoms with Crippen LogP contribution in [0.1, 0.15) is 33.6 Å². The molecule has 3 atom stereocenters. The number of likely N-dealkylation sites (tertiary alicyclic amines) is 1. The van der Waals surface area contributed by atoms with Gasteiger partial charge in [0.05, 0.1) is 18.0 Å². The van der Waals surface area contributed by atoms with Crippen molar-refractivity contribution in [2.75, 3.05) is 13.1 Å². The van der Waals surface area contributed by atoms with Gasteiger partial charge in [-0.3, -0.25) is 9.59 Å². The molecular weight excluding hydrogens is 230 g/mol. The predicted molar refractivity (Wildman–Crippen MR) is 68.7 cm³/mol. The van der Waals surface area contributed by atoms with Crippen molar-refractivity contribution in [1.82, 2.24) is 10.2 Å². The highest BCUT2D eigenvalue weighted by molar-refractivity contribution is 5.87. The van der Waals surface area contributed by atoms with Gasteiger partial charge >= 0.3 is 0 Å². The van der Waals surface area contributed by atoms with E-state index in [1.165, 1.54) is 0 Å². The van der Waals surface area contributed by atoms with Gasteiger partial charge in [0, 0.05) is 13.1 Å². The van der Waals surface area contributed by atoms with Crippen LogP contribution in [0.3, 0.4) is 0 Å². The molecule has 2 fully saturated rings.